The Bertz CT molecular complexity index is 1250. The van der Waals surface area contributed by atoms with Gasteiger partial charge in [0.25, 0.3) is 0 Å². The maximum atomic E-state index is 9.79. The summed E-state index contributed by atoms with van der Waals surface area (Å²) in [6.07, 6.45) is 9.08. The number of nitrogens with one attached hydrogen (secondary N) is 2. The van der Waals surface area contributed by atoms with Gasteiger partial charge in [0.15, 0.2) is 22.5 Å². The molecule has 1 aromatic carbocycles. The average Bonchev–Trinajstić information content (AvgIpc) is 3.36. The van der Waals surface area contributed by atoms with E-state index in [0.717, 1.165) is 37.7 Å². The van der Waals surface area contributed by atoms with Crippen molar-refractivity contribution >= 4 is 38.7 Å². The molecule has 5 rings (SSSR count). The number of benzene rings is 1. The molecule has 26 heavy (non-hydrogen) atoms. The molecule has 0 amide bonds. The number of imidazole rings is 1. The molecule has 4 heterocycles. The van der Waals surface area contributed by atoms with Gasteiger partial charge in [0.2, 0.25) is 0 Å². The molecule has 0 unspecified atom stereocenters. The lowest BCUT2D eigenvalue weighted by atomic mass is 10.1. The highest BCUT2D eigenvalue weighted by molar-refractivity contribution is 7.15. The number of aromatic nitrogens is 5. The van der Waals surface area contributed by atoms with Crippen molar-refractivity contribution in [3.63, 3.8) is 0 Å². The smallest absolute Gasteiger partial charge is 0.196 e. The fourth-order valence-corrected chi connectivity index (χ4v) is 3.68. The predicted octanol–water partition coefficient (Wildman–Crippen LogP) is 4.09. The summed E-state index contributed by atoms with van der Waals surface area (Å²) in [5.74, 6) is 0.837. The van der Waals surface area contributed by atoms with E-state index in [1.807, 2.05) is 48.1 Å². The second kappa shape index (κ2) is 5.57. The largest absolute Gasteiger partial charge is 0.494 e. The Morgan fingerprint density at radius 1 is 1.19 bits per heavy atom. The number of aromatic amines is 1. The Labute approximate surface area is 152 Å². The van der Waals surface area contributed by atoms with Gasteiger partial charge in [-0.3, -0.25) is 4.40 Å². The van der Waals surface area contributed by atoms with Crippen LogP contribution in [0, 0.1) is 6.92 Å². The van der Waals surface area contributed by atoms with Crippen molar-refractivity contribution in [2.45, 2.75) is 6.92 Å². The lowest BCUT2D eigenvalue weighted by Crippen LogP contribution is -2.00. The molecule has 0 saturated carbocycles. The molecular formula is C18H14N6OS. The molecule has 0 aliphatic rings. The Morgan fingerprint density at radius 2 is 2.12 bits per heavy atom. The molecule has 0 radical (unpaired) electrons. The van der Waals surface area contributed by atoms with Crippen LogP contribution in [0.4, 0.5) is 10.9 Å². The van der Waals surface area contributed by atoms with E-state index in [-0.39, 0.29) is 5.88 Å². The van der Waals surface area contributed by atoms with Gasteiger partial charge in [-0.2, -0.15) is 0 Å². The van der Waals surface area contributed by atoms with Crippen molar-refractivity contribution in [1.82, 2.24) is 24.3 Å². The number of H-pyrrole nitrogens is 1. The predicted molar refractivity (Wildman–Crippen MR) is 102 cm³/mol. The normalized spacial score (nSPS) is 11.4. The van der Waals surface area contributed by atoms with Crippen LogP contribution in [0.1, 0.15) is 4.88 Å². The lowest BCUT2D eigenvalue weighted by Gasteiger charge is -2.09. The molecule has 7 nitrogen and oxygen atoms in total. The number of aromatic hydroxyl groups is 1. The Hall–Kier alpha value is -3.39. The SMILES string of the molecule is Cc1cnc(Nc2ncc(-c3ccc4c(O)[nH]cc4c3)n3ccnc23)s1. The first-order chi connectivity index (χ1) is 12.7. The third-order valence-electron chi connectivity index (χ3n) is 4.24. The molecule has 0 aliphatic carbocycles. The first kappa shape index (κ1) is 14.9. The van der Waals surface area contributed by atoms with Crippen molar-refractivity contribution < 1.29 is 5.11 Å². The van der Waals surface area contributed by atoms with E-state index in [9.17, 15) is 5.11 Å². The van der Waals surface area contributed by atoms with Crippen molar-refractivity contribution in [2.24, 2.45) is 0 Å². The average molecular weight is 362 g/mol. The maximum Gasteiger partial charge on any atom is 0.196 e. The van der Waals surface area contributed by atoms with Crippen molar-refractivity contribution in [2.75, 3.05) is 5.32 Å². The molecule has 0 spiro atoms. The number of thiazole rings is 1. The summed E-state index contributed by atoms with van der Waals surface area (Å²) in [6.45, 7) is 2.01. The van der Waals surface area contributed by atoms with Crippen molar-refractivity contribution in [3.05, 3.63) is 54.1 Å². The van der Waals surface area contributed by atoms with Crippen LogP contribution in [-0.2, 0) is 0 Å². The number of hydrogen-bond donors (Lipinski definition) is 3. The Balaban J connectivity index is 1.62. The molecule has 5 aromatic rings. The zero-order chi connectivity index (χ0) is 17.7. The highest BCUT2D eigenvalue weighted by atomic mass is 32.1. The second-order valence-corrected chi connectivity index (χ2v) is 7.19. The first-order valence-corrected chi connectivity index (χ1v) is 8.83. The number of rotatable bonds is 3. The van der Waals surface area contributed by atoms with E-state index >= 15 is 0 Å². The van der Waals surface area contributed by atoms with Gasteiger partial charge in [0, 0.05) is 46.0 Å². The van der Waals surface area contributed by atoms with Gasteiger partial charge >= 0.3 is 0 Å². The molecule has 0 atom stereocenters. The fraction of sp³-hybridized carbons (Fsp3) is 0.0556. The van der Waals surface area contributed by atoms with E-state index in [0.29, 0.717) is 5.82 Å². The van der Waals surface area contributed by atoms with E-state index in [2.05, 4.69) is 25.3 Å². The summed E-state index contributed by atoms with van der Waals surface area (Å²) in [5, 5.41) is 15.6. The summed E-state index contributed by atoms with van der Waals surface area (Å²) in [5.41, 5.74) is 2.64. The molecule has 128 valence electrons. The fourth-order valence-electron chi connectivity index (χ4n) is 3.02. The second-order valence-electron chi connectivity index (χ2n) is 5.95. The van der Waals surface area contributed by atoms with E-state index in [1.165, 1.54) is 0 Å². The van der Waals surface area contributed by atoms with Gasteiger partial charge in [0.1, 0.15) is 0 Å². The van der Waals surface area contributed by atoms with Crippen molar-refractivity contribution in [3.8, 4) is 17.1 Å². The van der Waals surface area contributed by atoms with Crippen molar-refractivity contribution in [1.29, 1.82) is 0 Å². The molecule has 0 saturated heterocycles. The van der Waals surface area contributed by atoms with Crippen LogP contribution < -0.4 is 5.32 Å². The molecule has 3 N–H and O–H groups in total. The van der Waals surface area contributed by atoms with E-state index in [1.54, 1.807) is 23.7 Å². The third kappa shape index (κ3) is 2.31. The topological polar surface area (TPSA) is 91.1 Å². The maximum absolute atomic E-state index is 9.79. The summed E-state index contributed by atoms with van der Waals surface area (Å²) in [7, 11) is 0. The highest BCUT2D eigenvalue weighted by Gasteiger charge is 2.12. The third-order valence-corrected chi connectivity index (χ3v) is 5.07. The summed E-state index contributed by atoms with van der Waals surface area (Å²) >= 11 is 1.57. The van der Waals surface area contributed by atoms with E-state index < -0.39 is 0 Å². The van der Waals surface area contributed by atoms with Crippen LogP contribution in [-0.4, -0.2) is 29.4 Å². The zero-order valence-corrected chi connectivity index (χ0v) is 14.6. The van der Waals surface area contributed by atoms with E-state index in [4.69, 9.17) is 0 Å². The summed E-state index contributed by atoms with van der Waals surface area (Å²) < 4.78 is 1.99. The van der Waals surface area contributed by atoms with Gasteiger partial charge in [0.05, 0.1) is 11.9 Å². The van der Waals surface area contributed by atoms with Gasteiger partial charge < -0.3 is 15.4 Å². The quantitative estimate of drug-likeness (QED) is 0.450. The summed E-state index contributed by atoms with van der Waals surface area (Å²) in [4.78, 5) is 17.3. The zero-order valence-electron chi connectivity index (χ0n) is 13.8. The number of anilines is 2. The number of nitrogens with zero attached hydrogens (tertiary/aromatic N) is 4. The molecule has 0 bridgehead atoms. The molecule has 8 heteroatoms. The van der Waals surface area contributed by atoms with Crippen LogP contribution in [0.5, 0.6) is 5.88 Å². The van der Waals surface area contributed by atoms with Crippen LogP contribution in [0.2, 0.25) is 0 Å². The minimum atomic E-state index is 0.177. The molecular weight excluding hydrogens is 348 g/mol. The van der Waals surface area contributed by atoms with Crippen LogP contribution in [0.25, 0.3) is 27.7 Å². The standard InChI is InChI=1S/C18H14N6OS/c1-10-7-22-18(26-10)23-15-16-19-4-5-24(16)14(9-20-15)11-2-3-13-12(6-11)8-21-17(13)25/h2-9,21,25H,1H3,(H,20,22,23). The monoisotopic (exact) mass is 362 g/mol. The molecule has 0 aliphatic heterocycles. The van der Waals surface area contributed by atoms with Crippen LogP contribution in [0.3, 0.4) is 0 Å². The van der Waals surface area contributed by atoms with Gasteiger partial charge in [-0.05, 0) is 19.1 Å². The molecule has 0 fully saturated rings. The van der Waals surface area contributed by atoms with Crippen LogP contribution in [0.15, 0.2) is 49.2 Å². The Morgan fingerprint density at radius 3 is 2.96 bits per heavy atom. The highest BCUT2D eigenvalue weighted by Crippen LogP contribution is 2.31. The molecule has 4 aromatic heterocycles. The van der Waals surface area contributed by atoms with Gasteiger partial charge in [-0.25, -0.2) is 15.0 Å². The minimum absolute atomic E-state index is 0.177. The first-order valence-electron chi connectivity index (χ1n) is 8.01. The van der Waals surface area contributed by atoms with Gasteiger partial charge in [-0.1, -0.05) is 6.07 Å². The summed E-state index contributed by atoms with van der Waals surface area (Å²) in [6, 6.07) is 5.87. The van der Waals surface area contributed by atoms with Crippen LogP contribution >= 0.6 is 11.3 Å². The minimum Gasteiger partial charge on any atom is -0.494 e. The van der Waals surface area contributed by atoms with Gasteiger partial charge in [-0.15, -0.1) is 11.3 Å². The Kier molecular flexibility index (Phi) is 3.19. The number of hydrogen-bond acceptors (Lipinski definition) is 6. The lowest BCUT2D eigenvalue weighted by molar-refractivity contribution is 0.462. The number of aryl methyl sites for hydroxylation is 1. The number of fused-ring (bicyclic) bond motifs is 2.